The van der Waals surface area contributed by atoms with Gasteiger partial charge in [0.05, 0.1) is 0 Å². The van der Waals surface area contributed by atoms with E-state index in [0.717, 1.165) is 32.7 Å². The van der Waals surface area contributed by atoms with E-state index in [1.54, 1.807) is 0 Å². The molecule has 1 amide bonds. The highest BCUT2D eigenvalue weighted by Gasteiger charge is 2.34. The van der Waals surface area contributed by atoms with Crippen LogP contribution < -0.4 is 5.32 Å². The molecular formula is C14H19N3O. The molecule has 0 spiro atoms. The second-order valence-corrected chi connectivity index (χ2v) is 4.99. The summed E-state index contributed by atoms with van der Waals surface area (Å²) < 4.78 is 0. The highest BCUT2D eigenvalue weighted by atomic mass is 16.2. The predicted molar refractivity (Wildman–Crippen MR) is 70.0 cm³/mol. The summed E-state index contributed by atoms with van der Waals surface area (Å²) in [5, 5.41) is 7.47. The molecule has 2 aliphatic rings. The zero-order chi connectivity index (χ0) is 12.4. The van der Waals surface area contributed by atoms with Crippen LogP contribution >= 0.6 is 0 Å². The Morgan fingerprint density at radius 1 is 1.11 bits per heavy atom. The van der Waals surface area contributed by atoms with Crippen molar-refractivity contribution in [2.45, 2.75) is 12.3 Å². The molecule has 2 heterocycles. The first-order chi connectivity index (χ1) is 8.84. The summed E-state index contributed by atoms with van der Waals surface area (Å²) in [5.74, 6) is 0.624. The number of hydrogen-bond acceptors (Lipinski definition) is 3. The monoisotopic (exact) mass is 245 g/mol. The number of hydrogen-bond donors (Lipinski definition) is 1. The van der Waals surface area contributed by atoms with Crippen LogP contribution in [0.3, 0.4) is 0 Å². The summed E-state index contributed by atoms with van der Waals surface area (Å²) >= 11 is 0. The van der Waals surface area contributed by atoms with E-state index in [4.69, 9.17) is 0 Å². The topological polar surface area (TPSA) is 35.6 Å². The summed E-state index contributed by atoms with van der Waals surface area (Å²) in [4.78, 5) is 12.1. The Bertz CT molecular complexity index is 414. The van der Waals surface area contributed by atoms with Crippen molar-refractivity contribution in [2.75, 3.05) is 32.7 Å². The van der Waals surface area contributed by atoms with Gasteiger partial charge in [0, 0.05) is 45.1 Å². The van der Waals surface area contributed by atoms with Crippen LogP contribution in [0, 0.1) is 0 Å². The van der Waals surface area contributed by atoms with E-state index in [2.05, 4.69) is 22.5 Å². The molecule has 18 heavy (non-hydrogen) atoms. The summed E-state index contributed by atoms with van der Waals surface area (Å²) in [6, 6.07) is 10.4. The van der Waals surface area contributed by atoms with Crippen LogP contribution in [-0.2, 0) is 4.79 Å². The minimum absolute atomic E-state index is 0.269. The number of nitrogens with zero attached hydrogens (tertiary/aromatic N) is 2. The Hall–Kier alpha value is -1.39. The molecule has 0 aliphatic carbocycles. The summed E-state index contributed by atoms with van der Waals surface area (Å²) in [5.41, 5.74) is 1.28. The Morgan fingerprint density at radius 2 is 1.83 bits per heavy atom. The molecule has 0 aromatic heterocycles. The molecule has 2 fully saturated rings. The highest BCUT2D eigenvalue weighted by Crippen LogP contribution is 2.28. The van der Waals surface area contributed by atoms with Gasteiger partial charge in [0.1, 0.15) is 0 Å². The number of rotatable bonds is 2. The number of piperazine rings is 1. The lowest BCUT2D eigenvalue weighted by molar-refractivity contribution is -0.144. The van der Waals surface area contributed by atoms with E-state index in [1.807, 2.05) is 23.2 Å². The van der Waals surface area contributed by atoms with Gasteiger partial charge in [-0.1, -0.05) is 30.3 Å². The van der Waals surface area contributed by atoms with Crippen molar-refractivity contribution in [2.24, 2.45) is 0 Å². The molecule has 1 aromatic rings. The molecule has 1 unspecified atom stereocenters. The van der Waals surface area contributed by atoms with Crippen molar-refractivity contribution >= 4 is 5.91 Å². The van der Waals surface area contributed by atoms with Gasteiger partial charge >= 0.3 is 0 Å². The minimum Gasteiger partial charge on any atom is -0.314 e. The minimum atomic E-state index is 0.269. The van der Waals surface area contributed by atoms with Gasteiger partial charge in [-0.05, 0) is 5.56 Å². The number of carbonyl (C=O) groups is 1. The lowest BCUT2D eigenvalue weighted by atomic mass is 9.99. The smallest absolute Gasteiger partial charge is 0.237 e. The van der Waals surface area contributed by atoms with Crippen LogP contribution in [0.25, 0.3) is 0 Å². The van der Waals surface area contributed by atoms with Gasteiger partial charge < -0.3 is 5.32 Å². The van der Waals surface area contributed by atoms with Crippen molar-refractivity contribution in [1.29, 1.82) is 0 Å². The summed E-state index contributed by atoms with van der Waals surface area (Å²) in [7, 11) is 0. The quantitative estimate of drug-likeness (QED) is 0.838. The number of benzene rings is 1. The van der Waals surface area contributed by atoms with Crippen molar-refractivity contribution in [3.05, 3.63) is 35.9 Å². The van der Waals surface area contributed by atoms with Crippen LogP contribution in [0.1, 0.15) is 17.9 Å². The number of carbonyl (C=O) groups excluding carboxylic acids is 1. The Balaban J connectivity index is 1.70. The largest absolute Gasteiger partial charge is 0.314 e. The maximum absolute atomic E-state index is 12.1. The van der Waals surface area contributed by atoms with Gasteiger partial charge in [-0.2, -0.15) is 0 Å². The predicted octanol–water partition coefficient (Wildman–Crippen LogP) is 0.823. The van der Waals surface area contributed by atoms with Gasteiger partial charge in [-0.3, -0.25) is 9.80 Å². The third-order valence-corrected chi connectivity index (χ3v) is 3.81. The average Bonchev–Trinajstić information content (AvgIpc) is 2.83. The van der Waals surface area contributed by atoms with Crippen molar-refractivity contribution in [3.63, 3.8) is 0 Å². The van der Waals surface area contributed by atoms with E-state index >= 15 is 0 Å². The number of hydrazine groups is 1. The zero-order valence-electron chi connectivity index (χ0n) is 10.5. The van der Waals surface area contributed by atoms with Crippen molar-refractivity contribution in [1.82, 2.24) is 15.3 Å². The molecule has 2 aliphatic heterocycles. The fourth-order valence-electron chi connectivity index (χ4n) is 2.81. The van der Waals surface area contributed by atoms with Gasteiger partial charge in [0.2, 0.25) is 5.91 Å². The van der Waals surface area contributed by atoms with Crippen LogP contribution in [0.4, 0.5) is 0 Å². The van der Waals surface area contributed by atoms with E-state index in [0.29, 0.717) is 12.3 Å². The molecule has 1 atom stereocenters. The Morgan fingerprint density at radius 3 is 2.56 bits per heavy atom. The van der Waals surface area contributed by atoms with Crippen LogP contribution in [0.5, 0.6) is 0 Å². The SMILES string of the molecule is O=C1CC(c2ccccc2)CN1N1CCNCC1. The maximum atomic E-state index is 12.1. The van der Waals surface area contributed by atoms with Gasteiger partial charge in [-0.15, -0.1) is 0 Å². The van der Waals surface area contributed by atoms with Crippen LogP contribution in [-0.4, -0.2) is 48.6 Å². The Kier molecular flexibility index (Phi) is 3.30. The molecule has 0 bridgehead atoms. The summed E-state index contributed by atoms with van der Waals surface area (Å²) in [6.45, 7) is 4.66. The molecule has 96 valence electrons. The van der Waals surface area contributed by atoms with Crippen LogP contribution in [0.2, 0.25) is 0 Å². The molecule has 1 N–H and O–H groups in total. The molecule has 2 saturated heterocycles. The first-order valence-corrected chi connectivity index (χ1v) is 6.65. The lowest BCUT2D eigenvalue weighted by Gasteiger charge is -2.35. The third kappa shape index (κ3) is 2.26. The molecule has 3 rings (SSSR count). The lowest BCUT2D eigenvalue weighted by Crippen LogP contribution is -2.52. The van der Waals surface area contributed by atoms with E-state index in [9.17, 15) is 4.79 Å². The molecule has 4 nitrogen and oxygen atoms in total. The van der Waals surface area contributed by atoms with E-state index in [-0.39, 0.29) is 5.91 Å². The number of nitrogens with one attached hydrogen (secondary N) is 1. The third-order valence-electron chi connectivity index (χ3n) is 3.81. The van der Waals surface area contributed by atoms with Gasteiger partial charge in [0.25, 0.3) is 0 Å². The van der Waals surface area contributed by atoms with Crippen molar-refractivity contribution < 1.29 is 4.79 Å². The Labute approximate surface area is 108 Å². The van der Waals surface area contributed by atoms with Gasteiger partial charge in [-0.25, -0.2) is 5.01 Å². The second-order valence-electron chi connectivity index (χ2n) is 4.99. The fraction of sp³-hybridized carbons (Fsp3) is 0.500. The first kappa shape index (κ1) is 11.7. The van der Waals surface area contributed by atoms with Gasteiger partial charge in [0.15, 0.2) is 0 Å². The fourth-order valence-corrected chi connectivity index (χ4v) is 2.81. The first-order valence-electron chi connectivity index (χ1n) is 6.65. The molecular weight excluding hydrogens is 226 g/mol. The average molecular weight is 245 g/mol. The zero-order valence-corrected chi connectivity index (χ0v) is 10.5. The highest BCUT2D eigenvalue weighted by molar-refractivity contribution is 5.79. The standard InChI is InChI=1S/C14H19N3O/c18-14-10-13(12-4-2-1-3-5-12)11-17(14)16-8-6-15-7-9-16/h1-5,13,15H,6-11H2. The molecule has 4 heteroatoms. The molecule has 0 saturated carbocycles. The van der Waals surface area contributed by atoms with E-state index in [1.165, 1.54) is 5.56 Å². The number of amides is 1. The molecule has 1 aromatic carbocycles. The normalized spacial score (nSPS) is 25.7. The van der Waals surface area contributed by atoms with Crippen molar-refractivity contribution in [3.8, 4) is 0 Å². The molecule has 0 radical (unpaired) electrons. The van der Waals surface area contributed by atoms with E-state index < -0.39 is 0 Å². The summed E-state index contributed by atoms with van der Waals surface area (Å²) in [6.07, 6.45) is 0.647. The second kappa shape index (κ2) is 5.08. The maximum Gasteiger partial charge on any atom is 0.237 e. The van der Waals surface area contributed by atoms with Crippen LogP contribution in [0.15, 0.2) is 30.3 Å².